The quantitative estimate of drug-likeness (QED) is 0.542. The molecule has 4 rings (SSSR count). The van der Waals surface area contributed by atoms with Gasteiger partial charge in [0, 0.05) is 37.9 Å². The van der Waals surface area contributed by atoms with Crippen LogP contribution in [0.15, 0.2) is 48.5 Å². The molecule has 1 aliphatic rings. The number of tetrazole rings is 1. The Hall–Kier alpha value is -3.93. The lowest BCUT2D eigenvalue weighted by atomic mass is 10.3. The minimum atomic E-state index is -1.06. The molecule has 0 radical (unpaired) electrons. The second-order valence-corrected chi connectivity index (χ2v) is 7.44. The maximum Gasteiger partial charge on any atom is 0.250 e. The maximum absolute atomic E-state index is 13.2. The van der Waals surface area contributed by atoms with E-state index in [0.29, 0.717) is 32.1 Å². The van der Waals surface area contributed by atoms with Crippen LogP contribution >= 0.6 is 0 Å². The molecular formula is C21H22F2N8O2. The number of carbonyl (C=O) groups is 2. The van der Waals surface area contributed by atoms with Gasteiger partial charge in [-0.3, -0.25) is 14.5 Å². The van der Waals surface area contributed by atoms with Crippen LogP contribution in [0.3, 0.4) is 0 Å². The fraction of sp³-hybridized carbons (Fsp3) is 0.286. The van der Waals surface area contributed by atoms with Gasteiger partial charge in [-0.15, -0.1) is 0 Å². The number of piperazine rings is 1. The van der Waals surface area contributed by atoms with E-state index in [1.165, 1.54) is 6.07 Å². The summed E-state index contributed by atoms with van der Waals surface area (Å²) in [5.41, 5.74) is 0.975. The van der Waals surface area contributed by atoms with Crippen LogP contribution in [0.2, 0.25) is 0 Å². The standard InChI is InChI=1S/C21H22F2N8O2/c22-17-7-6-15(12-18(17)23)25-19(32)13-24-20(33)14-29-8-10-30(11-9-29)21-26-27-28-31(21)16-4-2-1-3-5-16/h1-7,12H,8-11,13-14H2,(H,24,33)(H,25,32). The van der Waals surface area contributed by atoms with Crippen molar-refractivity contribution in [2.45, 2.75) is 0 Å². The molecule has 12 heteroatoms. The number of hydrogen-bond donors (Lipinski definition) is 2. The van der Waals surface area contributed by atoms with E-state index in [2.05, 4.69) is 31.1 Å². The third kappa shape index (κ3) is 5.66. The number of para-hydroxylation sites is 1. The van der Waals surface area contributed by atoms with Gasteiger partial charge in [0.1, 0.15) is 0 Å². The lowest BCUT2D eigenvalue weighted by molar-refractivity contribution is -0.125. The van der Waals surface area contributed by atoms with Crippen molar-refractivity contribution in [2.24, 2.45) is 0 Å². The Balaban J connectivity index is 1.22. The van der Waals surface area contributed by atoms with Crippen molar-refractivity contribution in [3.63, 3.8) is 0 Å². The summed E-state index contributed by atoms with van der Waals surface area (Å²) in [4.78, 5) is 28.2. The summed E-state index contributed by atoms with van der Waals surface area (Å²) in [5, 5.41) is 16.9. The van der Waals surface area contributed by atoms with E-state index in [-0.39, 0.29) is 24.7 Å². The molecule has 1 fully saturated rings. The Bertz CT molecular complexity index is 1120. The van der Waals surface area contributed by atoms with Crippen molar-refractivity contribution in [3.05, 3.63) is 60.2 Å². The normalized spacial score (nSPS) is 14.2. The van der Waals surface area contributed by atoms with E-state index in [0.717, 1.165) is 17.8 Å². The first kappa shape index (κ1) is 22.3. The number of benzene rings is 2. The van der Waals surface area contributed by atoms with Crippen molar-refractivity contribution in [1.29, 1.82) is 0 Å². The van der Waals surface area contributed by atoms with Gasteiger partial charge in [-0.05, 0) is 34.7 Å². The minimum Gasteiger partial charge on any atom is -0.346 e. The number of amides is 2. The highest BCUT2D eigenvalue weighted by Gasteiger charge is 2.23. The van der Waals surface area contributed by atoms with Gasteiger partial charge in [0.05, 0.1) is 18.8 Å². The Morgan fingerprint density at radius 2 is 1.70 bits per heavy atom. The summed E-state index contributed by atoms with van der Waals surface area (Å²) in [6.07, 6.45) is 0. The molecule has 2 N–H and O–H groups in total. The zero-order valence-corrected chi connectivity index (χ0v) is 17.6. The molecule has 0 aliphatic carbocycles. The van der Waals surface area contributed by atoms with Gasteiger partial charge in [-0.2, -0.15) is 4.68 Å². The first-order chi connectivity index (χ1) is 16.0. The number of rotatable bonds is 7. The van der Waals surface area contributed by atoms with Crippen LogP contribution in [0.4, 0.5) is 20.4 Å². The van der Waals surface area contributed by atoms with Crippen molar-refractivity contribution >= 4 is 23.5 Å². The van der Waals surface area contributed by atoms with Crippen LogP contribution in [-0.2, 0) is 9.59 Å². The van der Waals surface area contributed by atoms with Gasteiger partial charge >= 0.3 is 0 Å². The third-order valence-corrected chi connectivity index (χ3v) is 5.13. The highest BCUT2D eigenvalue weighted by Crippen LogP contribution is 2.17. The average Bonchev–Trinajstić information content (AvgIpc) is 3.31. The Kier molecular flexibility index (Phi) is 6.83. The number of carbonyl (C=O) groups excluding carboxylic acids is 2. The number of hydrogen-bond acceptors (Lipinski definition) is 7. The summed E-state index contributed by atoms with van der Waals surface area (Å²) >= 11 is 0. The first-order valence-corrected chi connectivity index (χ1v) is 10.3. The van der Waals surface area contributed by atoms with Crippen molar-refractivity contribution < 1.29 is 18.4 Å². The molecule has 33 heavy (non-hydrogen) atoms. The zero-order chi connectivity index (χ0) is 23.2. The molecule has 3 aromatic rings. The lowest BCUT2D eigenvalue weighted by Gasteiger charge is -2.34. The van der Waals surface area contributed by atoms with E-state index < -0.39 is 17.5 Å². The highest BCUT2D eigenvalue weighted by molar-refractivity contribution is 5.94. The van der Waals surface area contributed by atoms with Gasteiger partial charge in [0.15, 0.2) is 11.6 Å². The van der Waals surface area contributed by atoms with E-state index >= 15 is 0 Å². The Morgan fingerprint density at radius 3 is 2.42 bits per heavy atom. The van der Waals surface area contributed by atoms with E-state index in [4.69, 9.17) is 0 Å². The molecule has 0 bridgehead atoms. The molecule has 1 aliphatic heterocycles. The highest BCUT2D eigenvalue weighted by atomic mass is 19.2. The van der Waals surface area contributed by atoms with Gasteiger partial charge < -0.3 is 15.5 Å². The Morgan fingerprint density at radius 1 is 0.939 bits per heavy atom. The number of nitrogens with zero attached hydrogens (tertiary/aromatic N) is 6. The lowest BCUT2D eigenvalue weighted by Crippen LogP contribution is -2.50. The molecule has 172 valence electrons. The largest absolute Gasteiger partial charge is 0.346 e. The van der Waals surface area contributed by atoms with E-state index in [1.54, 1.807) is 4.68 Å². The SMILES string of the molecule is O=C(CN1CCN(c2nnnn2-c2ccccc2)CC1)NCC(=O)Nc1ccc(F)c(F)c1. The predicted molar refractivity (Wildman–Crippen MR) is 116 cm³/mol. The van der Waals surface area contributed by atoms with Crippen LogP contribution in [0.1, 0.15) is 0 Å². The molecular weight excluding hydrogens is 434 g/mol. The van der Waals surface area contributed by atoms with Crippen molar-refractivity contribution in [2.75, 3.05) is 49.5 Å². The monoisotopic (exact) mass is 456 g/mol. The fourth-order valence-electron chi connectivity index (χ4n) is 3.44. The van der Waals surface area contributed by atoms with Gasteiger partial charge in [0.2, 0.25) is 17.8 Å². The fourth-order valence-corrected chi connectivity index (χ4v) is 3.44. The molecule has 2 heterocycles. The first-order valence-electron chi connectivity index (χ1n) is 10.3. The number of anilines is 2. The molecule has 1 aromatic heterocycles. The topological polar surface area (TPSA) is 108 Å². The summed E-state index contributed by atoms with van der Waals surface area (Å²) in [5.74, 6) is -2.27. The molecule has 0 spiro atoms. The predicted octanol–water partition coefficient (Wildman–Crippen LogP) is 0.817. The van der Waals surface area contributed by atoms with Gasteiger partial charge in [-0.25, -0.2) is 8.78 Å². The molecule has 2 aromatic carbocycles. The summed E-state index contributed by atoms with van der Waals surface area (Å²) < 4.78 is 27.8. The van der Waals surface area contributed by atoms with Gasteiger partial charge in [0.25, 0.3) is 0 Å². The smallest absolute Gasteiger partial charge is 0.250 e. The van der Waals surface area contributed by atoms with Crippen LogP contribution in [-0.4, -0.2) is 76.2 Å². The van der Waals surface area contributed by atoms with Crippen LogP contribution in [0.25, 0.3) is 5.69 Å². The van der Waals surface area contributed by atoms with E-state index in [9.17, 15) is 18.4 Å². The second kappa shape index (κ2) is 10.1. The van der Waals surface area contributed by atoms with Crippen LogP contribution < -0.4 is 15.5 Å². The average molecular weight is 456 g/mol. The van der Waals surface area contributed by atoms with Crippen LogP contribution in [0, 0.1) is 11.6 Å². The Labute approximate surface area is 188 Å². The maximum atomic E-state index is 13.2. The third-order valence-electron chi connectivity index (χ3n) is 5.13. The minimum absolute atomic E-state index is 0.113. The number of nitrogens with one attached hydrogen (secondary N) is 2. The van der Waals surface area contributed by atoms with Crippen LogP contribution in [0.5, 0.6) is 0 Å². The zero-order valence-electron chi connectivity index (χ0n) is 17.6. The summed E-state index contributed by atoms with van der Waals surface area (Å²) in [7, 11) is 0. The molecule has 0 saturated carbocycles. The van der Waals surface area contributed by atoms with Crippen molar-refractivity contribution in [1.82, 2.24) is 30.4 Å². The van der Waals surface area contributed by atoms with Crippen molar-refractivity contribution in [3.8, 4) is 5.69 Å². The summed E-state index contributed by atoms with van der Waals surface area (Å²) in [6, 6.07) is 12.6. The second-order valence-electron chi connectivity index (χ2n) is 7.44. The van der Waals surface area contributed by atoms with E-state index in [1.807, 2.05) is 35.2 Å². The molecule has 0 unspecified atom stereocenters. The summed E-state index contributed by atoms with van der Waals surface area (Å²) in [6.45, 7) is 2.38. The molecule has 10 nitrogen and oxygen atoms in total. The number of halogens is 2. The molecule has 2 amide bonds. The van der Waals surface area contributed by atoms with Gasteiger partial charge in [-0.1, -0.05) is 23.3 Å². The number of aromatic nitrogens is 4. The molecule has 1 saturated heterocycles. The molecule has 0 atom stereocenters.